The van der Waals surface area contributed by atoms with Crippen LogP contribution in [0.15, 0.2) is 42.5 Å². The van der Waals surface area contributed by atoms with Gasteiger partial charge in [-0.2, -0.15) is 0 Å². The second-order valence-corrected chi connectivity index (χ2v) is 7.12. The van der Waals surface area contributed by atoms with Crippen molar-refractivity contribution in [2.75, 3.05) is 11.9 Å². The molecule has 0 aliphatic carbocycles. The number of hydrogen-bond donors (Lipinski definition) is 3. The van der Waals surface area contributed by atoms with Gasteiger partial charge in [0.15, 0.2) is 6.61 Å². The quantitative estimate of drug-likeness (QED) is 0.625. The molecule has 154 valence electrons. The molecule has 7 nitrogen and oxygen atoms in total. The standard InChI is InChI=1S/C22H27N3O4/c1-14(2)24-22(28)23-12-17-7-9-18(10-8-17)21(27)29-13-20(26)25-19-11-15(3)5-6-16(19)4/h5-11,14H,12-13H2,1-4H3,(H,25,26)(H2,23,24,28). The largest absolute Gasteiger partial charge is 0.452 e. The Morgan fingerprint density at radius 3 is 2.34 bits per heavy atom. The number of carbonyl (C=O) groups excluding carboxylic acids is 3. The highest BCUT2D eigenvalue weighted by Gasteiger charge is 2.11. The first-order chi connectivity index (χ1) is 13.7. The Labute approximate surface area is 170 Å². The Hall–Kier alpha value is -3.35. The van der Waals surface area contributed by atoms with E-state index in [0.29, 0.717) is 17.8 Å². The zero-order valence-corrected chi connectivity index (χ0v) is 17.2. The van der Waals surface area contributed by atoms with Gasteiger partial charge in [-0.3, -0.25) is 4.79 Å². The van der Waals surface area contributed by atoms with Gasteiger partial charge in [-0.15, -0.1) is 0 Å². The average molecular weight is 397 g/mol. The second kappa shape index (κ2) is 10.3. The summed E-state index contributed by atoms with van der Waals surface area (Å²) in [5.41, 5.74) is 3.83. The predicted molar refractivity (Wildman–Crippen MR) is 112 cm³/mol. The number of anilines is 1. The van der Waals surface area contributed by atoms with Crippen molar-refractivity contribution in [1.29, 1.82) is 0 Å². The molecule has 0 saturated heterocycles. The lowest BCUT2D eigenvalue weighted by atomic mass is 10.1. The fourth-order valence-electron chi connectivity index (χ4n) is 2.53. The molecule has 0 atom stereocenters. The maximum absolute atomic E-state index is 12.1. The number of amides is 3. The number of carbonyl (C=O) groups is 3. The lowest BCUT2D eigenvalue weighted by Crippen LogP contribution is -2.39. The van der Waals surface area contributed by atoms with Crippen molar-refractivity contribution in [1.82, 2.24) is 10.6 Å². The van der Waals surface area contributed by atoms with E-state index in [9.17, 15) is 14.4 Å². The van der Waals surface area contributed by atoms with Crippen molar-refractivity contribution >= 4 is 23.6 Å². The van der Waals surface area contributed by atoms with E-state index < -0.39 is 11.9 Å². The number of ether oxygens (including phenoxy) is 1. The third kappa shape index (κ3) is 7.29. The molecule has 0 radical (unpaired) electrons. The summed E-state index contributed by atoms with van der Waals surface area (Å²) in [6.07, 6.45) is 0. The van der Waals surface area contributed by atoms with Crippen molar-refractivity contribution in [3.63, 3.8) is 0 Å². The molecule has 0 bridgehead atoms. The number of urea groups is 1. The van der Waals surface area contributed by atoms with Gasteiger partial charge >= 0.3 is 12.0 Å². The summed E-state index contributed by atoms with van der Waals surface area (Å²) in [7, 11) is 0. The SMILES string of the molecule is Cc1ccc(C)c(NC(=O)COC(=O)c2ccc(CNC(=O)NC(C)C)cc2)c1. The molecule has 29 heavy (non-hydrogen) atoms. The van der Waals surface area contributed by atoms with Gasteiger partial charge in [0.2, 0.25) is 0 Å². The van der Waals surface area contributed by atoms with Crippen LogP contribution >= 0.6 is 0 Å². The molecule has 2 rings (SSSR count). The topological polar surface area (TPSA) is 96.5 Å². The highest BCUT2D eigenvalue weighted by atomic mass is 16.5. The molecule has 0 spiro atoms. The van der Waals surface area contributed by atoms with Crippen LogP contribution in [-0.4, -0.2) is 30.6 Å². The fourth-order valence-corrected chi connectivity index (χ4v) is 2.53. The van der Waals surface area contributed by atoms with E-state index in [2.05, 4.69) is 16.0 Å². The van der Waals surface area contributed by atoms with E-state index in [-0.39, 0.29) is 18.7 Å². The zero-order valence-electron chi connectivity index (χ0n) is 17.2. The molecule has 0 heterocycles. The smallest absolute Gasteiger partial charge is 0.338 e. The minimum absolute atomic E-state index is 0.0548. The van der Waals surface area contributed by atoms with Gasteiger partial charge in [0.25, 0.3) is 5.91 Å². The molecule has 2 aromatic rings. The Kier molecular flexibility index (Phi) is 7.77. The Balaban J connectivity index is 1.82. The van der Waals surface area contributed by atoms with Crippen molar-refractivity contribution < 1.29 is 19.1 Å². The van der Waals surface area contributed by atoms with E-state index in [1.165, 1.54) is 0 Å². The second-order valence-electron chi connectivity index (χ2n) is 7.12. The first kappa shape index (κ1) is 21.9. The van der Waals surface area contributed by atoms with Gasteiger partial charge in [0.05, 0.1) is 5.56 Å². The number of aryl methyl sites for hydroxylation is 2. The molecule has 3 N–H and O–H groups in total. The van der Waals surface area contributed by atoms with Crippen molar-refractivity contribution in [3.05, 3.63) is 64.7 Å². The highest BCUT2D eigenvalue weighted by Crippen LogP contribution is 2.16. The summed E-state index contributed by atoms with van der Waals surface area (Å²) < 4.78 is 5.08. The first-order valence-electron chi connectivity index (χ1n) is 9.42. The minimum Gasteiger partial charge on any atom is -0.452 e. The van der Waals surface area contributed by atoms with Crippen LogP contribution in [-0.2, 0) is 16.1 Å². The van der Waals surface area contributed by atoms with Gasteiger partial charge in [-0.05, 0) is 62.6 Å². The molecular formula is C22H27N3O4. The number of nitrogens with one attached hydrogen (secondary N) is 3. The fraction of sp³-hybridized carbons (Fsp3) is 0.318. The van der Waals surface area contributed by atoms with E-state index in [1.807, 2.05) is 45.9 Å². The van der Waals surface area contributed by atoms with E-state index >= 15 is 0 Å². The molecule has 2 aromatic carbocycles. The summed E-state index contributed by atoms with van der Waals surface area (Å²) in [4.78, 5) is 35.8. The van der Waals surface area contributed by atoms with Gasteiger partial charge in [-0.1, -0.05) is 24.3 Å². The van der Waals surface area contributed by atoms with Crippen LogP contribution in [0.2, 0.25) is 0 Å². The molecular weight excluding hydrogens is 370 g/mol. The number of hydrogen-bond acceptors (Lipinski definition) is 4. The molecule has 3 amide bonds. The Bertz CT molecular complexity index is 876. The predicted octanol–water partition coefficient (Wildman–Crippen LogP) is 3.31. The zero-order chi connectivity index (χ0) is 21.4. The van der Waals surface area contributed by atoms with Crippen molar-refractivity contribution in [2.45, 2.75) is 40.3 Å². The average Bonchev–Trinajstić information content (AvgIpc) is 2.67. The van der Waals surface area contributed by atoms with Crippen LogP contribution in [0.4, 0.5) is 10.5 Å². The van der Waals surface area contributed by atoms with Gasteiger partial charge < -0.3 is 20.7 Å². The van der Waals surface area contributed by atoms with Crippen LogP contribution < -0.4 is 16.0 Å². The van der Waals surface area contributed by atoms with E-state index in [0.717, 1.165) is 16.7 Å². The third-order valence-electron chi connectivity index (χ3n) is 4.06. The summed E-state index contributed by atoms with van der Waals surface area (Å²) in [5.74, 6) is -0.984. The normalized spacial score (nSPS) is 10.4. The molecule has 0 fully saturated rings. The number of esters is 1. The van der Waals surface area contributed by atoms with E-state index in [1.54, 1.807) is 24.3 Å². The summed E-state index contributed by atoms with van der Waals surface area (Å²) in [6, 6.07) is 12.2. The molecule has 7 heteroatoms. The van der Waals surface area contributed by atoms with Crippen LogP contribution in [0, 0.1) is 13.8 Å². The van der Waals surface area contributed by atoms with Crippen LogP contribution in [0.5, 0.6) is 0 Å². The van der Waals surface area contributed by atoms with Gasteiger partial charge in [-0.25, -0.2) is 9.59 Å². The molecule has 0 aromatic heterocycles. The molecule has 0 aliphatic rings. The van der Waals surface area contributed by atoms with Crippen molar-refractivity contribution in [2.24, 2.45) is 0 Å². The van der Waals surface area contributed by atoms with Crippen LogP contribution in [0.25, 0.3) is 0 Å². The van der Waals surface area contributed by atoms with Crippen LogP contribution in [0.3, 0.4) is 0 Å². The highest BCUT2D eigenvalue weighted by molar-refractivity contribution is 5.96. The number of rotatable bonds is 7. The lowest BCUT2D eigenvalue weighted by molar-refractivity contribution is -0.119. The summed E-state index contributed by atoms with van der Waals surface area (Å²) in [5, 5.41) is 8.21. The molecule has 0 aliphatic heterocycles. The maximum Gasteiger partial charge on any atom is 0.338 e. The molecule has 0 saturated carbocycles. The van der Waals surface area contributed by atoms with E-state index in [4.69, 9.17) is 4.74 Å². The lowest BCUT2D eigenvalue weighted by Gasteiger charge is -2.11. The maximum atomic E-state index is 12.1. The Morgan fingerprint density at radius 2 is 1.69 bits per heavy atom. The number of benzene rings is 2. The third-order valence-corrected chi connectivity index (χ3v) is 4.06. The first-order valence-corrected chi connectivity index (χ1v) is 9.42. The monoisotopic (exact) mass is 397 g/mol. The summed E-state index contributed by atoms with van der Waals surface area (Å²) >= 11 is 0. The molecule has 0 unspecified atom stereocenters. The Morgan fingerprint density at radius 1 is 1.00 bits per heavy atom. The summed E-state index contributed by atoms with van der Waals surface area (Å²) in [6.45, 7) is 7.55. The van der Waals surface area contributed by atoms with Gasteiger partial charge in [0.1, 0.15) is 0 Å². The van der Waals surface area contributed by atoms with Gasteiger partial charge in [0, 0.05) is 18.3 Å². The van der Waals surface area contributed by atoms with Crippen molar-refractivity contribution in [3.8, 4) is 0 Å². The van der Waals surface area contributed by atoms with Crippen LogP contribution in [0.1, 0.15) is 40.9 Å². The minimum atomic E-state index is -0.585.